The second-order valence-corrected chi connectivity index (χ2v) is 6.91. The third-order valence-corrected chi connectivity index (χ3v) is 4.34. The van der Waals surface area contributed by atoms with Crippen LogP contribution < -0.4 is 15.8 Å². The van der Waals surface area contributed by atoms with Gasteiger partial charge in [-0.25, -0.2) is 23.5 Å². The van der Waals surface area contributed by atoms with E-state index in [1.54, 1.807) is 19.2 Å². The van der Waals surface area contributed by atoms with E-state index in [-0.39, 0.29) is 9.52 Å². The van der Waals surface area contributed by atoms with Crippen molar-refractivity contribution in [1.29, 1.82) is 5.41 Å². The maximum Gasteiger partial charge on any atom is 0.238 e. The normalized spacial score (nSPS) is 11.1. The molecule has 0 fully saturated rings. The average molecular weight is 399 g/mol. The second-order valence-electron chi connectivity index (χ2n) is 4.55. The first kappa shape index (κ1) is 17.3. The molecule has 10 heteroatoms. The first-order valence-corrected chi connectivity index (χ1v) is 8.79. The van der Waals surface area contributed by atoms with Gasteiger partial charge in [0.05, 0.1) is 10.5 Å². The van der Waals surface area contributed by atoms with Crippen molar-refractivity contribution in [2.45, 2.75) is 11.4 Å². The van der Waals surface area contributed by atoms with Crippen LogP contribution in [-0.4, -0.2) is 30.1 Å². The summed E-state index contributed by atoms with van der Waals surface area (Å²) < 4.78 is 22.6. The van der Waals surface area contributed by atoms with Crippen LogP contribution in [0.25, 0.3) is 0 Å². The van der Waals surface area contributed by atoms with Crippen LogP contribution in [0.5, 0.6) is 0 Å². The van der Waals surface area contributed by atoms with Crippen LogP contribution in [0.15, 0.2) is 35.5 Å². The molecule has 23 heavy (non-hydrogen) atoms. The summed E-state index contributed by atoms with van der Waals surface area (Å²) in [6.45, 7) is 0.401. The fourth-order valence-electron chi connectivity index (χ4n) is 1.90. The number of primary sulfonamides is 1. The van der Waals surface area contributed by atoms with Gasteiger partial charge in [-0.3, -0.25) is 5.41 Å². The molecule has 1 heterocycles. The molecule has 1 aromatic carbocycles. The number of halogens is 1. The predicted molar refractivity (Wildman–Crippen MR) is 92.5 cm³/mol. The summed E-state index contributed by atoms with van der Waals surface area (Å²) in [7, 11) is -1.99. The summed E-state index contributed by atoms with van der Waals surface area (Å²) in [6, 6.07) is 6.20. The molecule has 0 radical (unpaired) electrons. The Kier molecular flexibility index (Phi) is 5.29. The number of hydrogen-bond acceptors (Lipinski definition) is 7. The number of anilines is 2. The summed E-state index contributed by atoms with van der Waals surface area (Å²) in [5.41, 5.74) is 1.35. The Bertz CT molecular complexity index is 823. The largest absolute Gasteiger partial charge is 0.372 e. The van der Waals surface area contributed by atoms with E-state index in [1.165, 1.54) is 18.5 Å². The van der Waals surface area contributed by atoms with Gasteiger partial charge in [0, 0.05) is 13.6 Å². The molecule has 0 saturated carbocycles. The van der Waals surface area contributed by atoms with E-state index in [1.807, 2.05) is 0 Å². The van der Waals surface area contributed by atoms with Gasteiger partial charge >= 0.3 is 0 Å². The van der Waals surface area contributed by atoms with Crippen molar-refractivity contribution in [3.8, 4) is 0 Å². The summed E-state index contributed by atoms with van der Waals surface area (Å²) in [5.74, 6) is 1.01. The topological polar surface area (TPSA) is 134 Å². The fraction of sp³-hybridized carbons (Fsp3) is 0.154. The zero-order valence-electron chi connectivity index (χ0n) is 12.2. The fourth-order valence-corrected chi connectivity index (χ4v) is 2.79. The molecule has 0 aliphatic carbocycles. The number of nitrogens with zero attached hydrogens (tertiary/aromatic N) is 2. The van der Waals surface area contributed by atoms with Gasteiger partial charge in [-0.2, -0.15) is 0 Å². The molecule has 0 atom stereocenters. The Morgan fingerprint density at radius 2 is 1.87 bits per heavy atom. The van der Waals surface area contributed by atoms with Crippen molar-refractivity contribution in [2.24, 2.45) is 5.14 Å². The first-order valence-electron chi connectivity index (χ1n) is 6.45. The summed E-state index contributed by atoms with van der Waals surface area (Å²) in [5, 5.41) is 18.8. The number of rotatable bonds is 6. The van der Waals surface area contributed by atoms with Gasteiger partial charge in [-0.15, -0.1) is 0 Å². The lowest BCUT2D eigenvalue weighted by molar-refractivity contribution is 0.598. The number of nitrogens with two attached hydrogens (primary N) is 1. The molecular weight excluding hydrogens is 384 g/mol. The molecule has 8 nitrogen and oxygen atoms in total. The van der Waals surface area contributed by atoms with Crippen molar-refractivity contribution in [2.75, 3.05) is 17.7 Å². The van der Waals surface area contributed by atoms with Crippen molar-refractivity contribution in [1.82, 2.24) is 9.97 Å². The molecule has 0 saturated heterocycles. The van der Waals surface area contributed by atoms with Gasteiger partial charge < -0.3 is 10.6 Å². The van der Waals surface area contributed by atoms with Crippen LogP contribution in [0.4, 0.5) is 11.6 Å². The zero-order chi connectivity index (χ0) is 17.0. The van der Waals surface area contributed by atoms with Crippen LogP contribution in [0.3, 0.4) is 0 Å². The monoisotopic (exact) mass is 398 g/mol. The van der Waals surface area contributed by atoms with Crippen LogP contribution >= 0.6 is 15.9 Å². The van der Waals surface area contributed by atoms with Crippen LogP contribution in [-0.2, 0) is 16.6 Å². The van der Waals surface area contributed by atoms with E-state index in [4.69, 9.17) is 10.5 Å². The molecule has 0 bridgehead atoms. The van der Waals surface area contributed by atoms with Gasteiger partial charge in [0.25, 0.3) is 0 Å². The number of sulfonamides is 1. The number of aromatic nitrogens is 2. The third kappa shape index (κ3) is 4.24. The Hall–Kier alpha value is -2.04. The molecule has 122 valence electrons. The van der Waals surface area contributed by atoms with E-state index in [9.17, 15) is 8.42 Å². The highest BCUT2D eigenvalue weighted by Crippen LogP contribution is 2.23. The third-order valence-electron chi connectivity index (χ3n) is 3.02. The minimum Gasteiger partial charge on any atom is -0.372 e. The van der Waals surface area contributed by atoms with E-state index >= 15 is 0 Å². The Labute approximate surface area is 142 Å². The van der Waals surface area contributed by atoms with Crippen molar-refractivity contribution in [3.63, 3.8) is 0 Å². The number of hydrogen-bond donors (Lipinski definition) is 4. The van der Waals surface area contributed by atoms with Crippen LogP contribution in [0.1, 0.15) is 11.1 Å². The van der Waals surface area contributed by atoms with E-state index < -0.39 is 10.0 Å². The van der Waals surface area contributed by atoms with Gasteiger partial charge in [0.15, 0.2) is 0 Å². The highest BCUT2D eigenvalue weighted by atomic mass is 79.9. The van der Waals surface area contributed by atoms with Gasteiger partial charge in [0.1, 0.15) is 22.6 Å². The Balaban J connectivity index is 2.20. The Morgan fingerprint density at radius 3 is 2.39 bits per heavy atom. The van der Waals surface area contributed by atoms with Gasteiger partial charge in [-0.1, -0.05) is 12.1 Å². The predicted octanol–water partition coefficient (Wildman–Crippen LogP) is 1.50. The molecule has 0 spiro atoms. The van der Waals surface area contributed by atoms with Crippen LogP contribution in [0.2, 0.25) is 0 Å². The highest BCUT2D eigenvalue weighted by molar-refractivity contribution is 9.18. The minimum atomic E-state index is -3.70. The standard InChI is InChI=1S/C13H15BrN6O2S/c1-17-12-10(11(14)15)13(20-7-19-12)18-6-8-2-4-9(5-3-8)23(16,21)22/h2-5,7,15H,6H2,1H3,(H2,16,21,22)(H2,17,18,19,20). The molecule has 0 aliphatic rings. The summed E-state index contributed by atoms with van der Waals surface area (Å²) in [6.07, 6.45) is 1.39. The maximum atomic E-state index is 11.2. The molecule has 0 amide bonds. The average Bonchev–Trinajstić information content (AvgIpc) is 2.51. The first-order chi connectivity index (χ1) is 10.8. The number of nitrogens with one attached hydrogen (secondary N) is 3. The molecule has 5 N–H and O–H groups in total. The van der Waals surface area contributed by atoms with Crippen LogP contribution in [0, 0.1) is 5.41 Å². The van der Waals surface area contributed by atoms with Gasteiger partial charge in [0.2, 0.25) is 10.0 Å². The summed E-state index contributed by atoms with van der Waals surface area (Å²) >= 11 is 3.13. The molecule has 0 unspecified atom stereocenters. The van der Waals surface area contributed by atoms with E-state index in [0.717, 1.165) is 5.56 Å². The summed E-state index contributed by atoms with van der Waals surface area (Å²) in [4.78, 5) is 8.25. The lowest BCUT2D eigenvalue weighted by Crippen LogP contribution is -2.12. The maximum absolute atomic E-state index is 11.2. The second kappa shape index (κ2) is 7.02. The smallest absolute Gasteiger partial charge is 0.238 e. The van der Waals surface area contributed by atoms with E-state index in [0.29, 0.717) is 23.7 Å². The molecular formula is C13H15BrN6O2S. The van der Waals surface area contributed by atoms with Crippen molar-refractivity contribution < 1.29 is 8.42 Å². The quantitative estimate of drug-likeness (QED) is 0.544. The van der Waals surface area contributed by atoms with Gasteiger partial charge in [-0.05, 0) is 33.6 Å². The van der Waals surface area contributed by atoms with E-state index in [2.05, 4.69) is 36.5 Å². The molecule has 0 aliphatic heterocycles. The SMILES string of the molecule is CNc1ncnc(NCc2ccc(S(N)(=O)=O)cc2)c1C(=N)Br. The molecule has 2 aromatic rings. The zero-order valence-corrected chi connectivity index (χ0v) is 14.6. The van der Waals surface area contributed by atoms with Crippen molar-refractivity contribution >= 4 is 42.2 Å². The lowest BCUT2D eigenvalue weighted by Gasteiger charge is -2.12. The lowest BCUT2D eigenvalue weighted by atomic mass is 10.2. The molecule has 1 aromatic heterocycles. The van der Waals surface area contributed by atoms with Crippen molar-refractivity contribution in [3.05, 3.63) is 41.7 Å². The minimum absolute atomic E-state index is 0.0590. The Morgan fingerprint density at radius 1 is 1.26 bits per heavy atom. The number of benzene rings is 1. The highest BCUT2D eigenvalue weighted by Gasteiger charge is 2.13. The molecule has 2 rings (SSSR count).